The number of alkyl halides is 1. The molecule has 4 fully saturated rings. The summed E-state index contributed by atoms with van der Waals surface area (Å²) < 4.78 is 33.8. The Hall–Kier alpha value is -4.82. The number of carbonyl (C=O) groups excluding carboxylic acids is 2. The highest BCUT2D eigenvalue weighted by Gasteiger charge is 2.69. The van der Waals surface area contributed by atoms with Gasteiger partial charge in [-0.3, -0.25) is 5.01 Å². The SMILES string of the molecule is CN(C)c1cc(NC2CCCCO2)c(C=N)c(C2=CN(Cc3ccc4cc(CN(CC56CC(F)(C5)C6)C(=O)OC(C)(C)C)n(C(=O)OC(C)(C)C)c4c3)NN2)c1. The molecular weight excluding hydrogens is 716 g/mol. The molecule has 3 heterocycles. The van der Waals surface area contributed by atoms with Crippen molar-refractivity contribution in [3.8, 4) is 0 Å². The zero-order chi connectivity index (χ0) is 40.2. The summed E-state index contributed by atoms with van der Waals surface area (Å²) in [5.74, 6) is 0. The van der Waals surface area contributed by atoms with Crippen molar-refractivity contribution in [3.05, 3.63) is 65.0 Å². The molecule has 56 heavy (non-hydrogen) atoms. The number of carbonyl (C=O) groups is 2. The molecule has 14 heteroatoms. The Morgan fingerprint density at radius 1 is 1.05 bits per heavy atom. The maximum Gasteiger partial charge on any atom is 0.419 e. The van der Waals surface area contributed by atoms with Crippen LogP contribution in [0.5, 0.6) is 0 Å². The van der Waals surface area contributed by atoms with E-state index in [0.717, 1.165) is 58.4 Å². The predicted octanol–water partition coefficient (Wildman–Crippen LogP) is 7.88. The molecular formula is C42H57FN8O5. The van der Waals surface area contributed by atoms with Crippen LogP contribution in [0.3, 0.4) is 0 Å². The molecule has 13 nitrogen and oxygen atoms in total. The normalized spacial score (nSPS) is 23.1. The third-order valence-electron chi connectivity index (χ3n) is 10.7. The molecule has 0 radical (unpaired) electrons. The second-order valence-electron chi connectivity index (χ2n) is 18.3. The molecule has 1 amide bonds. The first-order valence-corrected chi connectivity index (χ1v) is 19.6. The fourth-order valence-corrected chi connectivity index (χ4v) is 8.38. The molecule has 5 aliphatic rings. The molecule has 1 atom stereocenters. The number of anilines is 2. The molecule has 1 saturated heterocycles. The first-order valence-electron chi connectivity index (χ1n) is 19.6. The quantitative estimate of drug-likeness (QED) is 0.143. The zero-order valence-corrected chi connectivity index (χ0v) is 34.0. The second-order valence-corrected chi connectivity index (χ2v) is 18.3. The van der Waals surface area contributed by atoms with Crippen LogP contribution < -0.4 is 21.2 Å². The molecule has 1 unspecified atom stereocenters. The van der Waals surface area contributed by atoms with Gasteiger partial charge in [-0.15, -0.1) is 5.53 Å². The number of nitrogens with one attached hydrogen (secondary N) is 4. The van der Waals surface area contributed by atoms with Crippen LogP contribution in [-0.4, -0.2) is 83.2 Å². The van der Waals surface area contributed by atoms with Crippen molar-refractivity contribution in [1.82, 2.24) is 25.4 Å². The van der Waals surface area contributed by atoms with Crippen LogP contribution in [0, 0.1) is 10.8 Å². The average Bonchev–Trinajstić information content (AvgIpc) is 3.69. The van der Waals surface area contributed by atoms with Crippen molar-refractivity contribution in [2.45, 2.75) is 116 Å². The molecule has 1 aromatic heterocycles. The van der Waals surface area contributed by atoms with Gasteiger partial charge >= 0.3 is 12.2 Å². The number of hydrogen-bond acceptors (Lipinski definition) is 11. The number of fused-ring (bicyclic) bond motifs is 1. The number of ether oxygens (including phenoxy) is 3. The lowest BCUT2D eigenvalue weighted by molar-refractivity contribution is -0.220. The molecule has 302 valence electrons. The summed E-state index contributed by atoms with van der Waals surface area (Å²) in [4.78, 5) is 31.2. The second kappa shape index (κ2) is 14.6. The van der Waals surface area contributed by atoms with Gasteiger partial charge in [0, 0.05) is 73.2 Å². The smallest absolute Gasteiger partial charge is 0.419 e. The van der Waals surface area contributed by atoms with Crippen LogP contribution in [0.4, 0.5) is 25.4 Å². The van der Waals surface area contributed by atoms with Gasteiger partial charge in [-0.05, 0) is 115 Å². The summed E-state index contributed by atoms with van der Waals surface area (Å²) in [6, 6.07) is 12.0. The van der Waals surface area contributed by atoms with Gasteiger partial charge in [0.05, 0.1) is 24.3 Å². The van der Waals surface area contributed by atoms with Crippen LogP contribution in [-0.2, 0) is 27.3 Å². The summed E-state index contributed by atoms with van der Waals surface area (Å²) >= 11 is 0. The maximum absolute atomic E-state index is 14.6. The van der Waals surface area contributed by atoms with E-state index in [4.69, 9.17) is 19.6 Å². The van der Waals surface area contributed by atoms with Crippen molar-refractivity contribution in [1.29, 1.82) is 5.41 Å². The van der Waals surface area contributed by atoms with Gasteiger partial charge in [0.15, 0.2) is 0 Å². The molecule has 3 saturated carbocycles. The standard InChI is InChI=1S/C42H57FN8O5/c1-39(2,3)55-37(52)49(26-41-23-42(43,24-41)25-41)21-30-16-28-13-12-27(15-35(28)51(30)38(53)56-40(4,5)6)20-50-22-34(46-47-50)31-17-29(48(7)8)18-33(32(31)19-44)45-36-11-9-10-14-54-36/h12-13,15-19,22,36,44-47H,9-11,14,20-21,23-26H2,1-8H3. The van der Waals surface area contributed by atoms with E-state index in [2.05, 4.69) is 22.3 Å². The highest BCUT2D eigenvalue weighted by molar-refractivity contribution is 5.95. The summed E-state index contributed by atoms with van der Waals surface area (Å²) in [5.41, 5.74) is 10.0. The number of benzene rings is 2. The summed E-state index contributed by atoms with van der Waals surface area (Å²) in [6.07, 6.45) is 6.53. The van der Waals surface area contributed by atoms with Crippen LogP contribution in [0.1, 0.15) is 102 Å². The maximum atomic E-state index is 14.6. The first kappa shape index (κ1) is 39.4. The Kier molecular flexibility index (Phi) is 10.3. The topological polar surface area (TPSA) is 136 Å². The molecule has 2 aromatic carbocycles. The van der Waals surface area contributed by atoms with Crippen LogP contribution in [0.2, 0.25) is 0 Å². The first-order chi connectivity index (χ1) is 26.3. The lowest BCUT2D eigenvalue weighted by Gasteiger charge is -2.66. The Balaban J connectivity index is 1.18. The molecule has 2 bridgehead atoms. The van der Waals surface area contributed by atoms with Gasteiger partial charge in [0.25, 0.3) is 0 Å². The number of rotatable bonds is 11. The largest absolute Gasteiger partial charge is 0.444 e. The van der Waals surface area contributed by atoms with E-state index in [-0.39, 0.29) is 18.2 Å². The number of aromatic nitrogens is 1. The lowest BCUT2D eigenvalue weighted by atomic mass is 9.42. The predicted molar refractivity (Wildman–Crippen MR) is 216 cm³/mol. The Labute approximate surface area is 328 Å². The summed E-state index contributed by atoms with van der Waals surface area (Å²) in [7, 11) is 3.98. The highest BCUT2D eigenvalue weighted by atomic mass is 19.1. The number of halogens is 1. The molecule has 4 N–H and O–H groups in total. The van der Waals surface area contributed by atoms with Gasteiger partial charge in [0.1, 0.15) is 23.1 Å². The van der Waals surface area contributed by atoms with Gasteiger partial charge in [0.2, 0.25) is 0 Å². The molecule has 8 rings (SSSR count). The van der Waals surface area contributed by atoms with Crippen molar-refractivity contribution >= 4 is 46.4 Å². The van der Waals surface area contributed by atoms with Gasteiger partial charge in [-0.25, -0.2) is 18.5 Å². The highest BCUT2D eigenvalue weighted by Crippen LogP contribution is 2.69. The van der Waals surface area contributed by atoms with E-state index in [0.29, 0.717) is 50.2 Å². The Bertz CT molecular complexity index is 2020. The minimum atomic E-state index is -1.11. The van der Waals surface area contributed by atoms with E-state index in [1.54, 1.807) is 9.47 Å². The zero-order valence-electron chi connectivity index (χ0n) is 34.0. The third kappa shape index (κ3) is 8.46. The van der Waals surface area contributed by atoms with E-state index in [9.17, 15) is 14.0 Å². The minimum Gasteiger partial charge on any atom is -0.444 e. The van der Waals surface area contributed by atoms with Crippen LogP contribution >= 0.6 is 0 Å². The van der Waals surface area contributed by atoms with Crippen molar-refractivity contribution < 1.29 is 28.2 Å². The Morgan fingerprint density at radius 2 is 1.79 bits per heavy atom. The number of amides is 1. The monoisotopic (exact) mass is 772 g/mol. The van der Waals surface area contributed by atoms with Gasteiger partial charge < -0.3 is 40.2 Å². The molecule has 3 aromatic rings. The molecule has 0 spiro atoms. The van der Waals surface area contributed by atoms with Crippen LogP contribution in [0.15, 0.2) is 42.6 Å². The number of hydrazine groups is 2. The third-order valence-corrected chi connectivity index (χ3v) is 10.7. The fraction of sp³-hybridized carbons (Fsp3) is 0.548. The Morgan fingerprint density at radius 3 is 2.41 bits per heavy atom. The van der Waals surface area contributed by atoms with Crippen molar-refractivity contribution in [2.75, 3.05) is 37.5 Å². The van der Waals surface area contributed by atoms with Crippen molar-refractivity contribution in [2.24, 2.45) is 5.41 Å². The lowest BCUT2D eigenvalue weighted by Crippen LogP contribution is -2.68. The van der Waals surface area contributed by atoms with E-state index < -0.39 is 29.1 Å². The van der Waals surface area contributed by atoms with Gasteiger partial charge in [-0.2, -0.15) is 0 Å². The summed E-state index contributed by atoms with van der Waals surface area (Å²) in [6.45, 7) is 12.5. The van der Waals surface area contributed by atoms with E-state index in [1.165, 1.54) is 6.21 Å². The van der Waals surface area contributed by atoms with E-state index in [1.807, 2.05) is 102 Å². The number of nitrogens with zero attached hydrogens (tertiary/aromatic N) is 4. The number of hydrogen-bond donors (Lipinski definition) is 4. The van der Waals surface area contributed by atoms with Crippen molar-refractivity contribution in [3.63, 3.8) is 0 Å². The van der Waals surface area contributed by atoms with E-state index >= 15 is 0 Å². The van der Waals surface area contributed by atoms with Gasteiger partial charge in [-0.1, -0.05) is 12.1 Å². The summed E-state index contributed by atoms with van der Waals surface area (Å²) in [5, 5.41) is 14.6. The molecule has 2 aliphatic heterocycles. The molecule has 3 aliphatic carbocycles. The van der Waals surface area contributed by atoms with Crippen LogP contribution in [0.25, 0.3) is 16.6 Å². The minimum absolute atomic E-state index is 0.0913. The fourth-order valence-electron chi connectivity index (χ4n) is 8.38. The average molecular weight is 773 g/mol.